The summed E-state index contributed by atoms with van der Waals surface area (Å²) in [6.07, 6.45) is -0.561. The average Bonchev–Trinajstić information content (AvgIpc) is 2.34. The highest BCUT2D eigenvalue weighted by Gasteiger charge is 2.15. The Kier molecular flexibility index (Phi) is 5.02. The van der Waals surface area contributed by atoms with Gasteiger partial charge in [0.25, 0.3) is 0 Å². The molecular weight excluding hydrogens is 216 g/mol. The zero-order chi connectivity index (χ0) is 12.7. The highest BCUT2D eigenvalue weighted by molar-refractivity contribution is 5.68. The molecule has 17 heavy (non-hydrogen) atoms. The molecule has 0 spiro atoms. The Labute approximate surface area is 101 Å². The van der Waals surface area contributed by atoms with E-state index >= 15 is 0 Å². The number of benzene rings is 1. The fourth-order valence-corrected chi connectivity index (χ4v) is 1.24. The van der Waals surface area contributed by atoms with Gasteiger partial charge in [-0.25, -0.2) is 4.79 Å². The SMILES string of the molecule is CC(C)[C@@H](C#N)NC(=O)OCc1ccccc1. The van der Waals surface area contributed by atoms with E-state index in [2.05, 4.69) is 5.32 Å². The fourth-order valence-electron chi connectivity index (χ4n) is 1.24. The van der Waals surface area contributed by atoms with Crippen molar-refractivity contribution < 1.29 is 9.53 Å². The van der Waals surface area contributed by atoms with Gasteiger partial charge >= 0.3 is 6.09 Å². The summed E-state index contributed by atoms with van der Waals surface area (Å²) in [6.45, 7) is 3.94. The van der Waals surface area contributed by atoms with E-state index in [-0.39, 0.29) is 12.5 Å². The molecule has 1 atom stereocenters. The molecule has 0 aromatic heterocycles. The molecule has 0 aliphatic carbocycles. The molecule has 1 amide bonds. The van der Waals surface area contributed by atoms with Gasteiger partial charge in [0.2, 0.25) is 0 Å². The molecule has 0 aliphatic heterocycles. The van der Waals surface area contributed by atoms with Crippen LogP contribution >= 0.6 is 0 Å². The van der Waals surface area contributed by atoms with E-state index in [0.717, 1.165) is 5.56 Å². The van der Waals surface area contributed by atoms with Crippen molar-refractivity contribution in [2.45, 2.75) is 26.5 Å². The lowest BCUT2D eigenvalue weighted by Crippen LogP contribution is -2.37. The second kappa shape index (κ2) is 6.54. The Morgan fingerprint density at radius 1 is 1.41 bits per heavy atom. The molecule has 1 rings (SSSR count). The Hall–Kier alpha value is -2.02. The average molecular weight is 232 g/mol. The first-order chi connectivity index (χ1) is 8.13. The van der Waals surface area contributed by atoms with Gasteiger partial charge in [-0.3, -0.25) is 0 Å². The Morgan fingerprint density at radius 3 is 2.59 bits per heavy atom. The summed E-state index contributed by atoms with van der Waals surface area (Å²) in [4.78, 5) is 11.4. The first kappa shape index (κ1) is 13.0. The number of rotatable bonds is 4. The van der Waals surface area contributed by atoms with Gasteiger partial charge < -0.3 is 10.1 Å². The van der Waals surface area contributed by atoms with Crippen molar-refractivity contribution in [2.75, 3.05) is 0 Å². The third-order valence-electron chi connectivity index (χ3n) is 2.29. The minimum absolute atomic E-state index is 0.0595. The van der Waals surface area contributed by atoms with Crippen molar-refractivity contribution in [3.05, 3.63) is 35.9 Å². The Bertz CT molecular complexity index is 396. The maximum Gasteiger partial charge on any atom is 0.408 e. The quantitative estimate of drug-likeness (QED) is 0.867. The number of carbonyl (C=O) groups is 1. The van der Waals surface area contributed by atoms with E-state index in [1.807, 2.05) is 50.2 Å². The zero-order valence-corrected chi connectivity index (χ0v) is 10.0. The zero-order valence-electron chi connectivity index (χ0n) is 10.0. The van der Waals surface area contributed by atoms with Gasteiger partial charge in [0.1, 0.15) is 12.6 Å². The summed E-state index contributed by atoms with van der Waals surface area (Å²) in [5.41, 5.74) is 0.917. The Balaban J connectivity index is 2.38. The van der Waals surface area contributed by atoms with Gasteiger partial charge in [-0.1, -0.05) is 44.2 Å². The lowest BCUT2D eigenvalue weighted by molar-refractivity contribution is 0.135. The van der Waals surface area contributed by atoms with Crippen molar-refractivity contribution in [2.24, 2.45) is 5.92 Å². The van der Waals surface area contributed by atoms with E-state index in [9.17, 15) is 4.79 Å². The number of amides is 1. The topological polar surface area (TPSA) is 62.1 Å². The molecule has 0 saturated heterocycles. The number of nitriles is 1. The largest absolute Gasteiger partial charge is 0.445 e. The molecule has 4 nitrogen and oxygen atoms in total. The second-order valence-corrected chi connectivity index (χ2v) is 4.06. The highest BCUT2D eigenvalue weighted by atomic mass is 16.5. The number of carbonyl (C=O) groups excluding carboxylic acids is 1. The third-order valence-corrected chi connectivity index (χ3v) is 2.29. The summed E-state index contributed by atoms with van der Waals surface area (Å²) >= 11 is 0. The predicted molar refractivity (Wildman–Crippen MR) is 64.0 cm³/mol. The Morgan fingerprint density at radius 2 is 2.06 bits per heavy atom. The number of hydrogen-bond donors (Lipinski definition) is 1. The third kappa shape index (κ3) is 4.56. The van der Waals surface area contributed by atoms with Crippen LogP contribution in [-0.4, -0.2) is 12.1 Å². The van der Waals surface area contributed by atoms with E-state index in [1.54, 1.807) is 0 Å². The molecule has 0 unspecified atom stereocenters. The molecule has 0 aliphatic rings. The summed E-state index contributed by atoms with van der Waals surface area (Å²) in [5, 5.41) is 11.3. The molecule has 1 aromatic carbocycles. The van der Waals surface area contributed by atoms with Crippen LogP contribution in [0.25, 0.3) is 0 Å². The van der Waals surface area contributed by atoms with Crippen LogP contribution in [0.3, 0.4) is 0 Å². The summed E-state index contributed by atoms with van der Waals surface area (Å²) < 4.78 is 5.01. The van der Waals surface area contributed by atoms with Crippen molar-refractivity contribution >= 4 is 6.09 Å². The van der Waals surface area contributed by atoms with Gasteiger partial charge in [-0.15, -0.1) is 0 Å². The summed E-state index contributed by atoms with van der Waals surface area (Å²) in [5.74, 6) is 0.0595. The van der Waals surface area contributed by atoms with Crippen molar-refractivity contribution in [1.29, 1.82) is 5.26 Å². The first-order valence-electron chi connectivity index (χ1n) is 5.50. The summed E-state index contributed by atoms with van der Waals surface area (Å²) in [7, 11) is 0. The molecule has 4 heteroatoms. The van der Waals surface area contributed by atoms with Crippen LogP contribution in [0.5, 0.6) is 0 Å². The number of nitrogens with one attached hydrogen (secondary N) is 1. The van der Waals surface area contributed by atoms with Crippen LogP contribution in [0.4, 0.5) is 4.79 Å². The van der Waals surface area contributed by atoms with Crippen molar-refractivity contribution in [1.82, 2.24) is 5.32 Å². The molecule has 0 bridgehead atoms. The van der Waals surface area contributed by atoms with Crippen molar-refractivity contribution in [3.8, 4) is 6.07 Å². The maximum absolute atomic E-state index is 11.4. The van der Waals surface area contributed by atoms with Gasteiger partial charge in [0.15, 0.2) is 0 Å². The van der Waals surface area contributed by atoms with Gasteiger partial charge in [0, 0.05) is 0 Å². The minimum atomic E-state index is -0.561. The first-order valence-corrected chi connectivity index (χ1v) is 5.50. The van der Waals surface area contributed by atoms with Crippen LogP contribution in [-0.2, 0) is 11.3 Å². The normalized spacial score (nSPS) is 11.6. The predicted octanol–water partition coefficient (Wildman–Crippen LogP) is 2.46. The second-order valence-electron chi connectivity index (χ2n) is 4.06. The lowest BCUT2D eigenvalue weighted by Gasteiger charge is -2.14. The van der Waals surface area contributed by atoms with Gasteiger partial charge in [-0.2, -0.15) is 5.26 Å². The molecule has 1 N–H and O–H groups in total. The van der Waals surface area contributed by atoms with E-state index in [1.165, 1.54) is 0 Å². The van der Waals surface area contributed by atoms with Crippen LogP contribution in [0, 0.1) is 17.2 Å². The summed E-state index contributed by atoms with van der Waals surface area (Å²) in [6, 6.07) is 10.9. The molecule has 90 valence electrons. The van der Waals surface area contributed by atoms with Crippen LogP contribution < -0.4 is 5.32 Å². The number of nitrogens with zero attached hydrogens (tertiary/aromatic N) is 1. The van der Waals surface area contributed by atoms with Crippen LogP contribution in [0.2, 0.25) is 0 Å². The van der Waals surface area contributed by atoms with Crippen molar-refractivity contribution in [3.63, 3.8) is 0 Å². The minimum Gasteiger partial charge on any atom is -0.445 e. The number of hydrogen-bond acceptors (Lipinski definition) is 3. The smallest absolute Gasteiger partial charge is 0.408 e. The fraction of sp³-hybridized carbons (Fsp3) is 0.385. The van der Waals surface area contributed by atoms with Crippen LogP contribution in [0.1, 0.15) is 19.4 Å². The molecule has 0 radical (unpaired) electrons. The molecule has 0 fully saturated rings. The van der Waals surface area contributed by atoms with E-state index < -0.39 is 12.1 Å². The van der Waals surface area contributed by atoms with Gasteiger partial charge in [-0.05, 0) is 11.5 Å². The van der Waals surface area contributed by atoms with Gasteiger partial charge in [0.05, 0.1) is 6.07 Å². The monoisotopic (exact) mass is 232 g/mol. The maximum atomic E-state index is 11.4. The standard InChI is InChI=1S/C13H16N2O2/c1-10(2)12(8-14)15-13(16)17-9-11-6-4-3-5-7-11/h3-7,10,12H,9H2,1-2H3,(H,15,16)/t12-/m1/s1. The molecule has 0 saturated carbocycles. The van der Waals surface area contributed by atoms with Crippen LogP contribution in [0.15, 0.2) is 30.3 Å². The molecular formula is C13H16N2O2. The number of ether oxygens (including phenoxy) is 1. The molecule has 1 aromatic rings. The molecule has 0 heterocycles. The number of alkyl carbamates (subject to hydrolysis) is 1. The van der Waals surface area contributed by atoms with E-state index in [0.29, 0.717) is 0 Å². The van der Waals surface area contributed by atoms with E-state index in [4.69, 9.17) is 10.00 Å². The highest BCUT2D eigenvalue weighted by Crippen LogP contribution is 2.03. The lowest BCUT2D eigenvalue weighted by atomic mass is 10.1.